The minimum Gasteiger partial charge on any atom is -0.481 e. The van der Waals surface area contributed by atoms with Gasteiger partial charge in [0.2, 0.25) is 0 Å². The van der Waals surface area contributed by atoms with Gasteiger partial charge >= 0.3 is 5.97 Å². The highest BCUT2D eigenvalue weighted by atomic mass is 16.4. The zero-order valence-electron chi connectivity index (χ0n) is 14.7. The first-order valence-corrected chi connectivity index (χ1v) is 9.25. The van der Waals surface area contributed by atoms with E-state index in [1.807, 2.05) is 0 Å². The lowest BCUT2D eigenvalue weighted by atomic mass is 9.65. The van der Waals surface area contributed by atoms with E-state index in [1.165, 1.54) is 0 Å². The smallest absolute Gasteiger partial charge is 0.309 e. The fourth-order valence-corrected chi connectivity index (χ4v) is 3.87. The zero-order valence-corrected chi connectivity index (χ0v) is 14.7. The molecular weight excluding hydrogens is 322 g/mol. The van der Waals surface area contributed by atoms with E-state index in [0.29, 0.717) is 32.1 Å². The number of nitrogens with zero attached hydrogens (tertiary/aromatic N) is 1. The van der Waals surface area contributed by atoms with Crippen LogP contribution < -0.4 is 0 Å². The summed E-state index contributed by atoms with van der Waals surface area (Å²) in [5.74, 6) is -1.23. The average Bonchev–Trinajstić information content (AvgIpc) is 2.50. The summed E-state index contributed by atoms with van der Waals surface area (Å²) in [6, 6.07) is 0. The van der Waals surface area contributed by atoms with Gasteiger partial charge in [-0.1, -0.05) is 25.3 Å². The third-order valence-corrected chi connectivity index (χ3v) is 6.03. The lowest BCUT2D eigenvalue weighted by Crippen LogP contribution is -2.37. The molecule has 25 heavy (non-hydrogen) atoms. The fourth-order valence-electron chi connectivity index (χ4n) is 3.87. The summed E-state index contributed by atoms with van der Waals surface area (Å²) < 4.78 is 0. The van der Waals surface area contributed by atoms with E-state index in [4.69, 9.17) is 0 Å². The minimum absolute atomic E-state index is 0.0282. The Kier molecular flexibility index (Phi) is 6.62. The zero-order chi connectivity index (χ0) is 18.3. The first-order chi connectivity index (χ1) is 11.9. The molecule has 0 aromatic rings. The second kappa shape index (κ2) is 8.50. The Bertz CT molecular complexity index is 558. The maximum absolute atomic E-state index is 11.8. The van der Waals surface area contributed by atoms with E-state index < -0.39 is 22.7 Å². The topological polar surface area (TPSA) is 101 Å². The quantitative estimate of drug-likeness (QED) is 0.343. The lowest BCUT2D eigenvalue weighted by Gasteiger charge is -2.37. The number of amides is 1. The summed E-state index contributed by atoms with van der Waals surface area (Å²) in [5.41, 5.74) is -1.11. The van der Waals surface area contributed by atoms with Gasteiger partial charge in [-0.2, -0.15) is 0 Å². The molecule has 0 unspecified atom stereocenters. The molecule has 2 saturated carbocycles. The lowest BCUT2D eigenvalue weighted by molar-refractivity contribution is -0.155. The van der Waals surface area contributed by atoms with Crippen LogP contribution >= 0.6 is 0 Å². The predicted molar refractivity (Wildman–Crippen MR) is 92.9 cm³/mol. The normalized spacial score (nSPS) is 20.5. The van der Waals surface area contributed by atoms with Gasteiger partial charge in [-0.3, -0.25) is 14.4 Å². The number of unbranched alkanes of at least 4 members (excludes halogenated alkanes) is 1. The van der Waals surface area contributed by atoms with Crippen molar-refractivity contribution in [1.82, 2.24) is 0 Å². The molecule has 0 spiro atoms. The number of carbonyl (C=O) groups is 3. The molecule has 6 heteroatoms. The van der Waals surface area contributed by atoms with Gasteiger partial charge in [0.1, 0.15) is 0 Å². The van der Waals surface area contributed by atoms with E-state index >= 15 is 0 Å². The summed E-state index contributed by atoms with van der Waals surface area (Å²) in [7, 11) is 0. The molecule has 2 fully saturated rings. The largest absolute Gasteiger partial charge is 0.481 e. The second-order valence-electron chi connectivity index (χ2n) is 7.58. The Morgan fingerprint density at radius 2 is 1.60 bits per heavy atom. The van der Waals surface area contributed by atoms with Crippen LogP contribution in [0.5, 0.6) is 0 Å². The monoisotopic (exact) mass is 349 g/mol. The van der Waals surface area contributed by atoms with Crippen LogP contribution in [0.2, 0.25) is 0 Å². The highest BCUT2D eigenvalue weighted by Gasteiger charge is 2.44. The van der Waals surface area contributed by atoms with Gasteiger partial charge in [0.25, 0.3) is 5.91 Å². The van der Waals surface area contributed by atoms with E-state index in [2.05, 4.69) is 5.18 Å². The Morgan fingerprint density at radius 1 is 0.960 bits per heavy atom. The van der Waals surface area contributed by atoms with Gasteiger partial charge in [-0.05, 0) is 57.4 Å². The molecule has 0 heterocycles. The van der Waals surface area contributed by atoms with Crippen molar-refractivity contribution in [3.8, 4) is 0 Å². The van der Waals surface area contributed by atoms with Crippen LogP contribution in [-0.2, 0) is 14.4 Å². The maximum Gasteiger partial charge on any atom is 0.309 e. The molecule has 0 saturated heterocycles. The van der Waals surface area contributed by atoms with Gasteiger partial charge in [0, 0.05) is 11.6 Å². The van der Waals surface area contributed by atoms with E-state index in [0.717, 1.165) is 44.9 Å². The maximum atomic E-state index is 11.8. The molecule has 0 aliphatic heterocycles. The summed E-state index contributed by atoms with van der Waals surface area (Å²) in [4.78, 5) is 45.1. The van der Waals surface area contributed by atoms with E-state index in [9.17, 15) is 24.4 Å². The SMILES string of the molecule is O=NC(=O)C1(CCCCC(=O)/C=C/CCC2(C(=O)O)CCC2)CCC1. The van der Waals surface area contributed by atoms with Crippen molar-refractivity contribution in [3.05, 3.63) is 17.1 Å². The molecule has 1 N–H and O–H groups in total. The first kappa shape index (κ1) is 19.5. The molecule has 0 atom stereocenters. The number of aliphatic carboxylic acids is 1. The summed E-state index contributed by atoms with van der Waals surface area (Å²) in [6.45, 7) is 0. The van der Waals surface area contributed by atoms with E-state index in [1.54, 1.807) is 12.2 Å². The van der Waals surface area contributed by atoms with Crippen molar-refractivity contribution in [2.75, 3.05) is 0 Å². The number of carbonyl (C=O) groups excluding carboxylic acids is 2. The van der Waals surface area contributed by atoms with Crippen molar-refractivity contribution >= 4 is 17.7 Å². The summed E-state index contributed by atoms with van der Waals surface area (Å²) in [6.07, 6.45) is 11.9. The molecule has 0 bridgehead atoms. The number of hydrogen-bond acceptors (Lipinski definition) is 4. The number of carboxylic acid groups (broad SMARTS) is 1. The van der Waals surface area contributed by atoms with Gasteiger partial charge in [-0.15, -0.1) is 4.91 Å². The van der Waals surface area contributed by atoms with Gasteiger partial charge in [0.15, 0.2) is 5.78 Å². The first-order valence-electron chi connectivity index (χ1n) is 9.25. The van der Waals surface area contributed by atoms with Crippen molar-refractivity contribution in [2.24, 2.45) is 16.0 Å². The van der Waals surface area contributed by atoms with Crippen LogP contribution in [0.25, 0.3) is 0 Å². The fraction of sp³-hybridized carbons (Fsp3) is 0.737. The Hall–Kier alpha value is -1.85. The molecule has 0 aromatic carbocycles. The molecule has 0 radical (unpaired) electrons. The van der Waals surface area contributed by atoms with E-state index in [-0.39, 0.29) is 5.78 Å². The number of rotatable bonds is 11. The second-order valence-corrected chi connectivity index (χ2v) is 7.58. The van der Waals surface area contributed by atoms with Gasteiger partial charge in [0.05, 0.1) is 10.8 Å². The predicted octanol–water partition coefficient (Wildman–Crippen LogP) is 4.17. The van der Waals surface area contributed by atoms with Crippen molar-refractivity contribution in [1.29, 1.82) is 0 Å². The molecular formula is C19H27NO5. The third kappa shape index (κ3) is 4.61. The molecule has 0 aromatic heterocycles. The number of carboxylic acids is 1. The summed E-state index contributed by atoms with van der Waals surface area (Å²) in [5, 5.41) is 11.8. The highest BCUT2D eigenvalue weighted by molar-refractivity contribution is 5.89. The van der Waals surface area contributed by atoms with Crippen molar-refractivity contribution < 1.29 is 19.5 Å². The van der Waals surface area contributed by atoms with Gasteiger partial charge < -0.3 is 5.11 Å². The molecule has 2 aliphatic rings. The highest BCUT2D eigenvalue weighted by Crippen LogP contribution is 2.46. The van der Waals surface area contributed by atoms with Crippen LogP contribution in [0.4, 0.5) is 0 Å². The Morgan fingerprint density at radius 3 is 2.08 bits per heavy atom. The summed E-state index contributed by atoms with van der Waals surface area (Å²) >= 11 is 0. The number of allylic oxidation sites excluding steroid dienone is 2. The third-order valence-electron chi connectivity index (χ3n) is 6.03. The molecule has 2 aliphatic carbocycles. The Balaban J connectivity index is 1.61. The molecule has 138 valence electrons. The standard InChI is InChI=1S/C19H27NO5/c21-15(8-2-4-10-19(17(23)24)13-6-14-19)7-1-3-9-18(11-5-12-18)16(22)20-25/h2,8H,1,3-7,9-14H2,(H,23,24)/b8-2+. The van der Waals surface area contributed by atoms with Crippen LogP contribution in [-0.4, -0.2) is 22.8 Å². The average molecular weight is 349 g/mol. The Labute approximate surface area is 148 Å². The van der Waals surface area contributed by atoms with Gasteiger partial charge in [-0.25, -0.2) is 0 Å². The minimum atomic E-state index is -0.720. The van der Waals surface area contributed by atoms with Crippen LogP contribution in [0.1, 0.15) is 77.0 Å². The van der Waals surface area contributed by atoms with Crippen LogP contribution in [0, 0.1) is 15.7 Å². The molecule has 1 amide bonds. The number of nitroso groups, excluding NO2 is 1. The molecule has 6 nitrogen and oxygen atoms in total. The van der Waals surface area contributed by atoms with Crippen LogP contribution in [0.15, 0.2) is 17.3 Å². The van der Waals surface area contributed by atoms with Crippen molar-refractivity contribution in [2.45, 2.75) is 77.0 Å². The van der Waals surface area contributed by atoms with Crippen LogP contribution in [0.3, 0.4) is 0 Å². The molecule has 2 rings (SSSR count). The number of hydrogen-bond donors (Lipinski definition) is 1. The van der Waals surface area contributed by atoms with Crippen molar-refractivity contribution in [3.63, 3.8) is 0 Å². The number of ketones is 1.